The zero-order valence-electron chi connectivity index (χ0n) is 9.89. The zero-order valence-corrected chi connectivity index (χ0v) is 12.3. The lowest BCUT2D eigenvalue weighted by molar-refractivity contribution is 0.102. The second kappa shape index (κ2) is 5.95. The molecule has 5 heteroatoms. The zero-order chi connectivity index (χ0) is 13.8. The van der Waals surface area contributed by atoms with Crippen LogP contribution in [0.3, 0.4) is 0 Å². The van der Waals surface area contributed by atoms with Crippen LogP contribution in [0.4, 0.5) is 5.69 Å². The van der Waals surface area contributed by atoms with Crippen LogP contribution in [0.25, 0.3) is 0 Å². The van der Waals surface area contributed by atoms with Crippen LogP contribution < -0.4 is 11.1 Å². The fourth-order valence-corrected chi connectivity index (χ4v) is 2.09. The van der Waals surface area contributed by atoms with Gasteiger partial charge in [0.25, 0.3) is 5.91 Å². The topological polar surface area (TPSA) is 55.1 Å². The Balaban J connectivity index is 2.14. The molecule has 0 atom stereocenters. The summed E-state index contributed by atoms with van der Waals surface area (Å²) in [5.74, 6) is -0.174. The lowest BCUT2D eigenvalue weighted by atomic mass is 10.1. The van der Waals surface area contributed by atoms with Crippen LogP contribution in [0.1, 0.15) is 15.9 Å². The predicted octanol–water partition coefficient (Wildman–Crippen LogP) is 3.34. The molecular weight excluding hydrogens is 324 g/mol. The molecule has 2 rings (SSSR count). The van der Waals surface area contributed by atoms with Crippen LogP contribution in [0.2, 0.25) is 0 Å². The Morgan fingerprint density at radius 1 is 1.11 bits per heavy atom. The van der Waals surface area contributed by atoms with Gasteiger partial charge in [-0.3, -0.25) is 4.79 Å². The van der Waals surface area contributed by atoms with Crippen molar-refractivity contribution in [2.24, 2.45) is 5.73 Å². The van der Waals surface area contributed by atoms with Crippen LogP contribution in [-0.2, 0) is 0 Å². The number of thiocarbonyl (C=S) groups is 1. The van der Waals surface area contributed by atoms with Gasteiger partial charge in [-0.05, 0) is 30.3 Å². The monoisotopic (exact) mass is 334 g/mol. The van der Waals surface area contributed by atoms with Crippen molar-refractivity contribution >= 4 is 44.7 Å². The summed E-state index contributed by atoms with van der Waals surface area (Å²) < 4.78 is 0.911. The number of hydrogen-bond acceptors (Lipinski definition) is 2. The van der Waals surface area contributed by atoms with Crippen molar-refractivity contribution in [2.75, 3.05) is 5.32 Å². The maximum atomic E-state index is 12.0. The van der Waals surface area contributed by atoms with Gasteiger partial charge in [0.1, 0.15) is 4.99 Å². The van der Waals surface area contributed by atoms with E-state index in [0.717, 1.165) is 15.7 Å². The Labute approximate surface area is 124 Å². The van der Waals surface area contributed by atoms with Crippen LogP contribution in [0.5, 0.6) is 0 Å². The highest BCUT2D eigenvalue weighted by atomic mass is 79.9. The Morgan fingerprint density at radius 3 is 2.32 bits per heavy atom. The molecule has 0 aromatic heterocycles. The molecule has 0 bridgehead atoms. The first-order valence-corrected chi connectivity index (χ1v) is 6.73. The van der Waals surface area contributed by atoms with Crippen molar-refractivity contribution in [3.05, 3.63) is 64.1 Å². The number of halogens is 1. The molecule has 1 amide bonds. The fourth-order valence-electron chi connectivity index (χ4n) is 1.56. The van der Waals surface area contributed by atoms with Gasteiger partial charge in [0, 0.05) is 21.3 Å². The quantitative estimate of drug-likeness (QED) is 0.846. The average molecular weight is 335 g/mol. The van der Waals surface area contributed by atoms with Gasteiger partial charge in [0.2, 0.25) is 0 Å². The molecule has 0 radical (unpaired) electrons. The first-order valence-electron chi connectivity index (χ1n) is 5.53. The first-order chi connectivity index (χ1) is 9.06. The Kier molecular flexibility index (Phi) is 4.29. The van der Waals surface area contributed by atoms with E-state index < -0.39 is 0 Å². The average Bonchev–Trinajstić information content (AvgIpc) is 2.39. The lowest BCUT2D eigenvalue weighted by Crippen LogP contribution is -2.13. The van der Waals surface area contributed by atoms with E-state index in [1.165, 1.54) is 0 Å². The minimum atomic E-state index is -0.174. The SMILES string of the molecule is NC(=S)c1ccc(C(=O)Nc2cccc(Br)c2)cc1. The Hall–Kier alpha value is -1.72. The first kappa shape index (κ1) is 13.7. The molecule has 19 heavy (non-hydrogen) atoms. The van der Waals surface area contributed by atoms with Gasteiger partial charge in [-0.25, -0.2) is 0 Å². The van der Waals surface area contributed by atoms with Crippen molar-refractivity contribution < 1.29 is 4.79 Å². The second-order valence-corrected chi connectivity index (χ2v) is 5.26. The van der Waals surface area contributed by atoms with Crippen molar-refractivity contribution in [1.82, 2.24) is 0 Å². The summed E-state index contributed by atoms with van der Waals surface area (Å²) in [6, 6.07) is 14.3. The summed E-state index contributed by atoms with van der Waals surface area (Å²) in [5.41, 5.74) is 7.54. The maximum Gasteiger partial charge on any atom is 0.255 e. The number of nitrogens with two attached hydrogens (primary N) is 1. The highest BCUT2D eigenvalue weighted by Gasteiger charge is 2.06. The summed E-state index contributed by atoms with van der Waals surface area (Å²) in [4.78, 5) is 12.3. The van der Waals surface area contributed by atoms with E-state index in [4.69, 9.17) is 18.0 Å². The molecular formula is C14H11BrN2OS. The molecule has 3 N–H and O–H groups in total. The van der Waals surface area contributed by atoms with Gasteiger partial charge >= 0.3 is 0 Å². The van der Waals surface area contributed by atoms with Gasteiger partial charge in [0.15, 0.2) is 0 Å². The standard InChI is InChI=1S/C14H11BrN2OS/c15-11-2-1-3-12(8-11)17-14(18)10-6-4-9(5-7-10)13(16)19/h1-8H,(H2,16,19)(H,17,18). The highest BCUT2D eigenvalue weighted by Crippen LogP contribution is 2.16. The molecule has 0 aliphatic rings. The Bertz CT molecular complexity index is 626. The molecule has 0 aliphatic carbocycles. The normalized spacial score (nSPS) is 9.95. The minimum Gasteiger partial charge on any atom is -0.389 e. The van der Waals surface area contributed by atoms with Gasteiger partial charge in [-0.2, -0.15) is 0 Å². The molecule has 0 unspecified atom stereocenters. The molecule has 96 valence electrons. The van der Waals surface area contributed by atoms with E-state index in [2.05, 4.69) is 21.2 Å². The third-order valence-corrected chi connectivity index (χ3v) is 3.24. The molecule has 0 fully saturated rings. The summed E-state index contributed by atoms with van der Waals surface area (Å²) in [7, 11) is 0. The maximum absolute atomic E-state index is 12.0. The largest absolute Gasteiger partial charge is 0.389 e. The number of benzene rings is 2. The molecule has 0 heterocycles. The molecule has 0 spiro atoms. The van der Waals surface area contributed by atoms with E-state index in [1.807, 2.05) is 24.3 Å². The van der Waals surface area contributed by atoms with E-state index in [0.29, 0.717) is 10.6 Å². The third kappa shape index (κ3) is 3.62. The van der Waals surface area contributed by atoms with Crippen molar-refractivity contribution in [1.29, 1.82) is 0 Å². The molecule has 0 saturated carbocycles. The smallest absolute Gasteiger partial charge is 0.255 e. The highest BCUT2D eigenvalue weighted by molar-refractivity contribution is 9.10. The molecule has 0 saturated heterocycles. The van der Waals surface area contributed by atoms with Crippen molar-refractivity contribution in [2.45, 2.75) is 0 Å². The van der Waals surface area contributed by atoms with Gasteiger partial charge in [-0.1, -0.05) is 46.3 Å². The van der Waals surface area contributed by atoms with Crippen molar-refractivity contribution in [3.8, 4) is 0 Å². The number of rotatable bonds is 3. The van der Waals surface area contributed by atoms with Crippen LogP contribution in [-0.4, -0.2) is 10.9 Å². The number of hydrogen-bond donors (Lipinski definition) is 2. The minimum absolute atomic E-state index is 0.174. The van der Waals surface area contributed by atoms with Crippen molar-refractivity contribution in [3.63, 3.8) is 0 Å². The fraction of sp³-hybridized carbons (Fsp3) is 0. The summed E-state index contributed by atoms with van der Waals surface area (Å²) in [6.45, 7) is 0. The molecule has 3 nitrogen and oxygen atoms in total. The molecule has 2 aromatic carbocycles. The Morgan fingerprint density at radius 2 is 1.74 bits per heavy atom. The molecule has 0 aliphatic heterocycles. The summed E-state index contributed by atoms with van der Waals surface area (Å²) in [5, 5.41) is 2.81. The number of carbonyl (C=O) groups is 1. The lowest BCUT2D eigenvalue weighted by Gasteiger charge is -2.06. The van der Waals surface area contributed by atoms with Crippen LogP contribution >= 0.6 is 28.1 Å². The predicted molar refractivity (Wildman–Crippen MR) is 84.4 cm³/mol. The van der Waals surface area contributed by atoms with Gasteiger partial charge in [-0.15, -0.1) is 0 Å². The number of nitrogens with one attached hydrogen (secondary N) is 1. The number of amides is 1. The van der Waals surface area contributed by atoms with Crippen LogP contribution in [0, 0.1) is 0 Å². The van der Waals surface area contributed by atoms with E-state index in [9.17, 15) is 4.79 Å². The summed E-state index contributed by atoms with van der Waals surface area (Å²) >= 11 is 8.22. The molecule has 2 aromatic rings. The third-order valence-electron chi connectivity index (χ3n) is 2.51. The number of anilines is 1. The van der Waals surface area contributed by atoms with Gasteiger partial charge in [0.05, 0.1) is 0 Å². The number of carbonyl (C=O) groups excluding carboxylic acids is 1. The van der Waals surface area contributed by atoms with E-state index in [1.54, 1.807) is 24.3 Å². The van der Waals surface area contributed by atoms with E-state index >= 15 is 0 Å². The summed E-state index contributed by atoms with van der Waals surface area (Å²) in [6.07, 6.45) is 0. The van der Waals surface area contributed by atoms with E-state index in [-0.39, 0.29) is 5.91 Å². The van der Waals surface area contributed by atoms with Crippen LogP contribution in [0.15, 0.2) is 53.0 Å². The second-order valence-electron chi connectivity index (χ2n) is 3.91. The van der Waals surface area contributed by atoms with Gasteiger partial charge < -0.3 is 11.1 Å².